The van der Waals surface area contributed by atoms with Crippen molar-refractivity contribution >= 4 is 12.0 Å². The minimum absolute atomic E-state index is 0.656. The van der Waals surface area contributed by atoms with Crippen molar-refractivity contribution in [2.75, 3.05) is 31.2 Å². The Kier molecular flexibility index (Phi) is 3.33. The van der Waals surface area contributed by atoms with Gasteiger partial charge in [0.1, 0.15) is 12.0 Å². The molecule has 1 aliphatic heterocycles. The first-order valence-corrected chi connectivity index (χ1v) is 6.34. The van der Waals surface area contributed by atoms with Gasteiger partial charge in [-0.15, -0.1) is 0 Å². The number of hydrogen-bond acceptors (Lipinski definition) is 4. The predicted octanol–water partition coefficient (Wildman–Crippen LogP) is 2.60. The second-order valence-electron chi connectivity index (χ2n) is 4.47. The van der Waals surface area contributed by atoms with Gasteiger partial charge < -0.3 is 14.1 Å². The normalized spacial score (nSPS) is 15.5. The molecule has 0 spiro atoms. The molecule has 0 bridgehead atoms. The van der Waals surface area contributed by atoms with Crippen molar-refractivity contribution in [1.82, 2.24) is 0 Å². The highest BCUT2D eigenvalue weighted by atomic mass is 16.5. The van der Waals surface area contributed by atoms with E-state index in [-0.39, 0.29) is 0 Å². The first-order chi connectivity index (χ1) is 9.38. The number of anilines is 1. The van der Waals surface area contributed by atoms with Crippen LogP contribution in [0, 0.1) is 0 Å². The first kappa shape index (κ1) is 12.0. The molecule has 4 nitrogen and oxygen atoms in total. The van der Waals surface area contributed by atoms with Crippen molar-refractivity contribution in [3.63, 3.8) is 0 Å². The quantitative estimate of drug-likeness (QED) is 0.793. The Morgan fingerprint density at radius 1 is 1.16 bits per heavy atom. The molecule has 0 saturated carbocycles. The van der Waals surface area contributed by atoms with Crippen molar-refractivity contribution in [2.45, 2.75) is 0 Å². The molecule has 1 aromatic carbocycles. The molecule has 1 saturated heterocycles. The molecule has 0 aliphatic carbocycles. The number of furan rings is 1. The Morgan fingerprint density at radius 3 is 2.68 bits per heavy atom. The predicted molar refractivity (Wildman–Crippen MR) is 72.6 cm³/mol. The van der Waals surface area contributed by atoms with Crippen LogP contribution in [-0.4, -0.2) is 32.6 Å². The number of ether oxygens (including phenoxy) is 1. The molecule has 1 aromatic heterocycles. The van der Waals surface area contributed by atoms with Crippen LogP contribution in [-0.2, 0) is 4.74 Å². The summed E-state index contributed by atoms with van der Waals surface area (Å²) in [5, 5.41) is 0. The third-order valence-corrected chi connectivity index (χ3v) is 3.30. The van der Waals surface area contributed by atoms with Crippen molar-refractivity contribution < 1.29 is 13.9 Å². The minimum atomic E-state index is 0.656. The van der Waals surface area contributed by atoms with E-state index in [0.717, 1.165) is 49.6 Å². The number of carbonyl (C=O) groups excluding carboxylic acids is 1. The lowest BCUT2D eigenvalue weighted by molar-refractivity contribution is 0.112. The van der Waals surface area contributed by atoms with Crippen LogP contribution >= 0.6 is 0 Å². The van der Waals surface area contributed by atoms with Gasteiger partial charge in [0.15, 0.2) is 0 Å². The van der Waals surface area contributed by atoms with Crippen LogP contribution in [0.2, 0.25) is 0 Å². The number of carbonyl (C=O) groups is 1. The zero-order valence-electron chi connectivity index (χ0n) is 10.5. The summed E-state index contributed by atoms with van der Waals surface area (Å²) in [6.45, 7) is 3.17. The molecular weight excluding hydrogens is 242 g/mol. The fraction of sp³-hybridized carbons (Fsp3) is 0.267. The zero-order chi connectivity index (χ0) is 13.1. The van der Waals surface area contributed by atoms with Gasteiger partial charge in [-0.3, -0.25) is 4.79 Å². The van der Waals surface area contributed by atoms with Crippen molar-refractivity contribution in [3.05, 3.63) is 42.2 Å². The molecule has 0 atom stereocenters. The summed E-state index contributed by atoms with van der Waals surface area (Å²) in [6, 6.07) is 9.45. The molecule has 3 rings (SSSR count). The number of aldehydes is 1. The summed E-state index contributed by atoms with van der Waals surface area (Å²) in [5.41, 5.74) is 2.70. The molecule has 0 radical (unpaired) electrons. The fourth-order valence-electron chi connectivity index (χ4n) is 2.34. The zero-order valence-corrected chi connectivity index (χ0v) is 10.5. The lowest BCUT2D eigenvalue weighted by Crippen LogP contribution is -2.36. The van der Waals surface area contributed by atoms with E-state index >= 15 is 0 Å². The van der Waals surface area contributed by atoms with E-state index in [1.807, 2.05) is 30.3 Å². The summed E-state index contributed by atoms with van der Waals surface area (Å²) >= 11 is 0. The molecule has 0 amide bonds. The van der Waals surface area contributed by atoms with E-state index in [9.17, 15) is 4.79 Å². The van der Waals surface area contributed by atoms with Gasteiger partial charge in [0, 0.05) is 29.9 Å². The van der Waals surface area contributed by atoms with Gasteiger partial charge >= 0.3 is 0 Å². The van der Waals surface area contributed by atoms with Gasteiger partial charge in [0.2, 0.25) is 0 Å². The van der Waals surface area contributed by atoms with Gasteiger partial charge in [-0.2, -0.15) is 0 Å². The fourth-order valence-corrected chi connectivity index (χ4v) is 2.34. The Balaban J connectivity index is 2.04. The van der Waals surface area contributed by atoms with Crippen molar-refractivity contribution in [1.29, 1.82) is 0 Å². The largest absolute Gasteiger partial charge is 0.464 e. The number of benzene rings is 1. The first-order valence-electron chi connectivity index (χ1n) is 6.34. The third kappa shape index (κ3) is 2.39. The molecule has 2 heterocycles. The van der Waals surface area contributed by atoms with Crippen LogP contribution in [0.5, 0.6) is 0 Å². The van der Waals surface area contributed by atoms with Crippen LogP contribution in [0.3, 0.4) is 0 Å². The van der Waals surface area contributed by atoms with E-state index in [1.54, 1.807) is 6.26 Å². The average molecular weight is 257 g/mol. The Morgan fingerprint density at radius 2 is 2.00 bits per heavy atom. The topological polar surface area (TPSA) is 42.7 Å². The van der Waals surface area contributed by atoms with E-state index in [2.05, 4.69) is 4.90 Å². The number of rotatable bonds is 3. The summed E-state index contributed by atoms with van der Waals surface area (Å²) in [4.78, 5) is 13.2. The van der Waals surface area contributed by atoms with Crippen LogP contribution in [0.25, 0.3) is 11.3 Å². The van der Waals surface area contributed by atoms with Crippen molar-refractivity contribution in [3.8, 4) is 11.3 Å². The molecule has 4 heteroatoms. The standard InChI is InChI=1S/C15H15NO3/c17-11-12-3-4-14(16-5-8-18-9-6-16)13(10-12)15-2-1-7-19-15/h1-4,7,10-11H,5-6,8-9H2. The lowest BCUT2D eigenvalue weighted by atomic mass is 10.1. The minimum Gasteiger partial charge on any atom is -0.464 e. The monoisotopic (exact) mass is 257 g/mol. The Bertz CT molecular complexity index is 557. The lowest BCUT2D eigenvalue weighted by Gasteiger charge is -2.30. The highest BCUT2D eigenvalue weighted by Crippen LogP contribution is 2.32. The summed E-state index contributed by atoms with van der Waals surface area (Å²) < 4.78 is 10.9. The number of morpholine rings is 1. The second kappa shape index (κ2) is 5.28. The molecule has 1 aliphatic rings. The maximum atomic E-state index is 11.0. The van der Waals surface area contributed by atoms with Gasteiger partial charge in [-0.25, -0.2) is 0 Å². The van der Waals surface area contributed by atoms with E-state index in [0.29, 0.717) is 5.56 Å². The summed E-state index contributed by atoms with van der Waals surface area (Å²) in [7, 11) is 0. The van der Waals surface area contributed by atoms with Crippen LogP contribution < -0.4 is 4.90 Å². The Labute approximate surface area is 111 Å². The molecule has 0 unspecified atom stereocenters. The summed E-state index contributed by atoms with van der Waals surface area (Å²) in [6.07, 6.45) is 2.50. The van der Waals surface area contributed by atoms with Gasteiger partial charge in [0.05, 0.1) is 19.5 Å². The van der Waals surface area contributed by atoms with E-state index in [1.165, 1.54) is 0 Å². The second-order valence-corrected chi connectivity index (χ2v) is 4.47. The van der Waals surface area contributed by atoms with Gasteiger partial charge in [-0.05, 0) is 30.3 Å². The van der Waals surface area contributed by atoms with Gasteiger partial charge in [-0.1, -0.05) is 0 Å². The van der Waals surface area contributed by atoms with Crippen LogP contribution in [0.1, 0.15) is 10.4 Å². The van der Waals surface area contributed by atoms with E-state index in [4.69, 9.17) is 9.15 Å². The molecular formula is C15H15NO3. The van der Waals surface area contributed by atoms with Crippen molar-refractivity contribution in [2.24, 2.45) is 0 Å². The van der Waals surface area contributed by atoms with Crippen LogP contribution in [0.4, 0.5) is 5.69 Å². The SMILES string of the molecule is O=Cc1ccc(N2CCOCC2)c(-c2ccco2)c1. The Hall–Kier alpha value is -2.07. The highest BCUT2D eigenvalue weighted by Gasteiger charge is 2.17. The highest BCUT2D eigenvalue weighted by molar-refractivity contribution is 5.84. The molecule has 1 fully saturated rings. The maximum Gasteiger partial charge on any atom is 0.150 e. The molecule has 2 aromatic rings. The van der Waals surface area contributed by atoms with E-state index < -0.39 is 0 Å². The van der Waals surface area contributed by atoms with Crippen LogP contribution in [0.15, 0.2) is 41.0 Å². The molecule has 98 valence electrons. The number of hydrogen-bond donors (Lipinski definition) is 0. The number of nitrogens with zero attached hydrogens (tertiary/aromatic N) is 1. The van der Waals surface area contributed by atoms with Gasteiger partial charge in [0.25, 0.3) is 0 Å². The third-order valence-electron chi connectivity index (χ3n) is 3.30. The smallest absolute Gasteiger partial charge is 0.150 e. The molecule has 0 N–H and O–H groups in total. The average Bonchev–Trinajstić information content (AvgIpc) is 3.01. The summed E-state index contributed by atoms with van der Waals surface area (Å²) in [5.74, 6) is 0.783. The maximum absolute atomic E-state index is 11.0. The molecule has 19 heavy (non-hydrogen) atoms.